The molecule has 0 spiro atoms. The van der Waals surface area contributed by atoms with Gasteiger partial charge in [0.05, 0.1) is 7.11 Å². The van der Waals surface area contributed by atoms with E-state index in [4.69, 9.17) is 4.74 Å². The molecule has 0 radical (unpaired) electrons. The van der Waals surface area contributed by atoms with Crippen LogP contribution in [0.4, 0.5) is 0 Å². The molecule has 1 aromatic carbocycles. The van der Waals surface area contributed by atoms with Crippen molar-refractivity contribution in [3.05, 3.63) is 42.0 Å². The molecule has 0 aliphatic heterocycles. The quantitative estimate of drug-likeness (QED) is 0.591. The molecular weight excluding hydrogens is 292 g/mol. The second kappa shape index (κ2) is 8.77. The lowest BCUT2D eigenvalue weighted by Crippen LogP contribution is -2.38. The van der Waals surface area contributed by atoms with Crippen molar-refractivity contribution in [1.82, 2.24) is 25.4 Å². The lowest BCUT2D eigenvalue weighted by Gasteiger charge is -2.12. The minimum absolute atomic E-state index is 0.487. The van der Waals surface area contributed by atoms with Crippen molar-refractivity contribution >= 4 is 5.96 Å². The number of aliphatic imine (C=N–C) groups is 1. The van der Waals surface area contributed by atoms with Gasteiger partial charge >= 0.3 is 0 Å². The van der Waals surface area contributed by atoms with Gasteiger partial charge < -0.3 is 19.9 Å². The highest BCUT2D eigenvalue weighted by molar-refractivity contribution is 5.79. The SMILES string of the molecule is CCNC(=NCc1nncn1C)NCCc1ccccc1OC. The number of nitrogens with zero attached hydrogens (tertiary/aromatic N) is 4. The zero-order chi connectivity index (χ0) is 16.5. The first kappa shape index (κ1) is 16.8. The number of hydrogen-bond donors (Lipinski definition) is 2. The third-order valence-electron chi connectivity index (χ3n) is 3.41. The van der Waals surface area contributed by atoms with Gasteiger partial charge in [-0.2, -0.15) is 0 Å². The molecule has 2 N–H and O–H groups in total. The van der Waals surface area contributed by atoms with E-state index in [0.717, 1.165) is 37.0 Å². The van der Waals surface area contributed by atoms with Gasteiger partial charge in [-0.1, -0.05) is 18.2 Å². The molecule has 1 heterocycles. The van der Waals surface area contributed by atoms with Gasteiger partial charge in [-0.3, -0.25) is 0 Å². The summed E-state index contributed by atoms with van der Waals surface area (Å²) in [7, 11) is 3.60. The van der Waals surface area contributed by atoms with Crippen LogP contribution >= 0.6 is 0 Å². The first-order chi connectivity index (χ1) is 11.2. The fourth-order valence-corrected chi connectivity index (χ4v) is 2.17. The summed E-state index contributed by atoms with van der Waals surface area (Å²) >= 11 is 0. The van der Waals surface area contributed by atoms with Crippen LogP contribution in [0.2, 0.25) is 0 Å². The van der Waals surface area contributed by atoms with E-state index in [1.54, 1.807) is 13.4 Å². The fraction of sp³-hybridized carbons (Fsp3) is 0.438. The summed E-state index contributed by atoms with van der Waals surface area (Å²) in [6.07, 6.45) is 2.53. The van der Waals surface area contributed by atoms with Gasteiger partial charge in [0.1, 0.15) is 18.6 Å². The van der Waals surface area contributed by atoms with Crippen LogP contribution in [0.3, 0.4) is 0 Å². The molecule has 124 valence electrons. The van der Waals surface area contributed by atoms with Gasteiger partial charge in [-0.15, -0.1) is 10.2 Å². The van der Waals surface area contributed by atoms with Gasteiger partial charge in [0.15, 0.2) is 11.8 Å². The zero-order valence-corrected chi connectivity index (χ0v) is 13.9. The second-order valence-electron chi connectivity index (χ2n) is 5.04. The van der Waals surface area contributed by atoms with Crippen molar-refractivity contribution in [1.29, 1.82) is 0 Å². The number of ether oxygens (including phenoxy) is 1. The topological polar surface area (TPSA) is 76.4 Å². The third-order valence-corrected chi connectivity index (χ3v) is 3.41. The van der Waals surface area contributed by atoms with E-state index in [1.165, 1.54) is 5.56 Å². The number of aromatic nitrogens is 3. The lowest BCUT2D eigenvalue weighted by atomic mass is 10.1. The van der Waals surface area contributed by atoms with Gasteiger partial charge in [-0.05, 0) is 25.0 Å². The molecule has 0 unspecified atom stereocenters. The van der Waals surface area contributed by atoms with Crippen LogP contribution in [-0.4, -0.2) is 40.9 Å². The van der Waals surface area contributed by atoms with Crippen LogP contribution < -0.4 is 15.4 Å². The molecule has 0 bridgehead atoms. The Bertz CT molecular complexity index is 637. The second-order valence-corrected chi connectivity index (χ2v) is 5.04. The zero-order valence-electron chi connectivity index (χ0n) is 13.9. The Labute approximate surface area is 136 Å². The Balaban J connectivity index is 1.90. The van der Waals surface area contributed by atoms with Gasteiger partial charge in [0.25, 0.3) is 0 Å². The Morgan fingerprint density at radius 1 is 1.30 bits per heavy atom. The maximum atomic E-state index is 5.37. The van der Waals surface area contributed by atoms with E-state index < -0.39 is 0 Å². The summed E-state index contributed by atoms with van der Waals surface area (Å²) in [6, 6.07) is 8.04. The predicted molar refractivity (Wildman–Crippen MR) is 90.5 cm³/mol. The summed E-state index contributed by atoms with van der Waals surface area (Å²) in [5.41, 5.74) is 1.17. The molecule has 7 heteroatoms. The molecule has 2 rings (SSSR count). The summed E-state index contributed by atoms with van der Waals surface area (Å²) in [6.45, 7) is 4.10. The van der Waals surface area contributed by atoms with Crippen molar-refractivity contribution in [2.75, 3.05) is 20.2 Å². The monoisotopic (exact) mass is 316 g/mol. The Hall–Kier alpha value is -2.57. The predicted octanol–water partition coefficient (Wildman–Crippen LogP) is 1.12. The Morgan fingerprint density at radius 3 is 2.83 bits per heavy atom. The molecule has 0 atom stereocenters. The Kier molecular flexibility index (Phi) is 6.40. The highest BCUT2D eigenvalue weighted by Gasteiger charge is 2.04. The van der Waals surface area contributed by atoms with Crippen molar-refractivity contribution in [3.63, 3.8) is 0 Å². The van der Waals surface area contributed by atoms with Crippen LogP contribution in [0, 0.1) is 0 Å². The van der Waals surface area contributed by atoms with E-state index >= 15 is 0 Å². The largest absolute Gasteiger partial charge is 0.496 e. The number of guanidine groups is 1. The number of hydrogen-bond acceptors (Lipinski definition) is 4. The standard InChI is InChI=1S/C16H24N6O/c1-4-17-16(19-11-15-21-20-12-22(15)2)18-10-9-13-7-5-6-8-14(13)23-3/h5-8,12H,4,9-11H2,1-3H3,(H2,17,18,19). The minimum atomic E-state index is 0.487. The first-order valence-electron chi connectivity index (χ1n) is 7.71. The van der Waals surface area contributed by atoms with Crippen LogP contribution in [0.1, 0.15) is 18.3 Å². The van der Waals surface area contributed by atoms with Crippen molar-refractivity contribution in [2.45, 2.75) is 19.9 Å². The van der Waals surface area contributed by atoms with Crippen molar-refractivity contribution in [3.8, 4) is 5.75 Å². The van der Waals surface area contributed by atoms with Crippen LogP contribution in [0.5, 0.6) is 5.75 Å². The van der Waals surface area contributed by atoms with E-state index in [1.807, 2.05) is 36.7 Å². The average molecular weight is 316 g/mol. The molecule has 0 aliphatic rings. The lowest BCUT2D eigenvalue weighted by molar-refractivity contribution is 0.409. The van der Waals surface area contributed by atoms with Crippen LogP contribution in [-0.2, 0) is 20.0 Å². The van der Waals surface area contributed by atoms with Gasteiger partial charge in [0.2, 0.25) is 0 Å². The summed E-state index contributed by atoms with van der Waals surface area (Å²) in [5, 5.41) is 14.4. The first-order valence-corrected chi connectivity index (χ1v) is 7.71. The number of benzene rings is 1. The van der Waals surface area contributed by atoms with Crippen LogP contribution in [0.25, 0.3) is 0 Å². The number of nitrogens with one attached hydrogen (secondary N) is 2. The fourth-order valence-electron chi connectivity index (χ4n) is 2.17. The number of methoxy groups -OCH3 is 1. The molecular formula is C16H24N6O. The number of para-hydroxylation sites is 1. The van der Waals surface area contributed by atoms with E-state index in [2.05, 4.69) is 31.9 Å². The maximum absolute atomic E-state index is 5.37. The minimum Gasteiger partial charge on any atom is -0.496 e. The highest BCUT2D eigenvalue weighted by Crippen LogP contribution is 2.17. The van der Waals surface area contributed by atoms with Gasteiger partial charge in [-0.25, -0.2) is 4.99 Å². The molecule has 0 saturated heterocycles. The van der Waals surface area contributed by atoms with Crippen molar-refractivity contribution < 1.29 is 4.74 Å². The molecule has 7 nitrogen and oxygen atoms in total. The summed E-state index contributed by atoms with van der Waals surface area (Å²) in [5.74, 6) is 2.51. The number of aryl methyl sites for hydroxylation is 1. The van der Waals surface area contributed by atoms with Crippen LogP contribution in [0.15, 0.2) is 35.6 Å². The molecule has 0 amide bonds. The van der Waals surface area contributed by atoms with E-state index in [-0.39, 0.29) is 0 Å². The molecule has 1 aromatic heterocycles. The number of rotatable bonds is 7. The molecule has 0 saturated carbocycles. The molecule has 0 fully saturated rings. The maximum Gasteiger partial charge on any atom is 0.191 e. The Morgan fingerprint density at radius 2 is 2.13 bits per heavy atom. The average Bonchev–Trinajstić information content (AvgIpc) is 2.98. The van der Waals surface area contributed by atoms with Crippen molar-refractivity contribution in [2.24, 2.45) is 12.0 Å². The van der Waals surface area contributed by atoms with Gasteiger partial charge in [0, 0.05) is 20.1 Å². The van der Waals surface area contributed by atoms with E-state index in [9.17, 15) is 0 Å². The smallest absolute Gasteiger partial charge is 0.191 e. The molecule has 2 aromatic rings. The third kappa shape index (κ3) is 4.98. The van der Waals surface area contributed by atoms with E-state index in [0.29, 0.717) is 6.54 Å². The normalized spacial score (nSPS) is 11.3. The summed E-state index contributed by atoms with van der Waals surface area (Å²) in [4.78, 5) is 4.53. The molecule has 23 heavy (non-hydrogen) atoms. The summed E-state index contributed by atoms with van der Waals surface area (Å²) < 4.78 is 7.23. The molecule has 0 aliphatic carbocycles. The highest BCUT2D eigenvalue weighted by atomic mass is 16.5.